The molecule has 1 aliphatic rings. The third-order valence-electron chi connectivity index (χ3n) is 5.15. The maximum Gasteiger partial charge on any atom is 0.321 e. The minimum atomic E-state index is -0.405. The van der Waals surface area contributed by atoms with E-state index in [-0.39, 0.29) is 17.7 Å². The largest absolute Gasteiger partial charge is 0.383 e. The van der Waals surface area contributed by atoms with Gasteiger partial charge in [-0.1, -0.05) is 43.7 Å². The van der Waals surface area contributed by atoms with E-state index in [2.05, 4.69) is 22.5 Å². The molecule has 2 N–H and O–H groups in total. The van der Waals surface area contributed by atoms with E-state index in [1.54, 1.807) is 7.11 Å². The summed E-state index contributed by atoms with van der Waals surface area (Å²) in [5, 5.41) is 6.13. The highest BCUT2D eigenvalue weighted by Gasteiger charge is 2.23. The molecule has 1 aromatic heterocycles. The smallest absolute Gasteiger partial charge is 0.321 e. The monoisotopic (exact) mass is 404 g/mol. The first-order valence-corrected chi connectivity index (χ1v) is 10.7. The van der Waals surface area contributed by atoms with E-state index in [0.717, 1.165) is 35.5 Å². The fraction of sp³-hybridized carbons (Fsp3) is 0.550. The molecule has 0 spiro atoms. The molecule has 2 aromatic rings. The Kier molecular flexibility index (Phi) is 7.33. The number of hydrogen-bond acceptors (Lipinski definition) is 5. The quantitative estimate of drug-likeness (QED) is 0.693. The number of benzene rings is 1. The molecule has 0 bridgehead atoms. The molecule has 2 atom stereocenters. The second-order valence-corrected chi connectivity index (χ2v) is 8.15. The first-order chi connectivity index (χ1) is 13.6. The number of fused-ring (bicyclic) bond motifs is 1. The van der Waals surface area contributed by atoms with Crippen LogP contribution < -0.4 is 10.6 Å². The number of amides is 3. The van der Waals surface area contributed by atoms with Crippen LogP contribution in [0.5, 0.6) is 0 Å². The van der Waals surface area contributed by atoms with E-state index in [1.807, 2.05) is 28.8 Å². The lowest BCUT2D eigenvalue weighted by molar-refractivity contribution is -0.117. The molecule has 3 rings (SSSR count). The predicted octanol–water partition coefficient (Wildman–Crippen LogP) is 3.18. The highest BCUT2D eigenvalue weighted by Crippen LogP contribution is 2.25. The van der Waals surface area contributed by atoms with Gasteiger partial charge in [-0.05, 0) is 30.9 Å². The van der Waals surface area contributed by atoms with Crippen LogP contribution in [0, 0.1) is 5.92 Å². The van der Waals surface area contributed by atoms with Crippen molar-refractivity contribution in [1.29, 1.82) is 0 Å². The lowest BCUT2D eigenvalue weighted by atomic mass is 9.86. The summed E-state index contributed by atoms with van der Waals surface area (Å²) in [6.07, 6.45) is 4.42. The molecule has 0 radical (unpaired) electrons. The molecule has 152 valence electrons. The van der Waals surface area contributed by atoms with Crippen molar-refractivity contribution in [2.24, 2.45) is 5.92 Å². The Morgan fingerprint density at radius 1 is 1.29 bits per heavy atom. The van der Waals surface area contributed by atoms with Gasteiger partial charge in [0.15, 0.2) is 5.16 Å². The number of nitrogens with zero attached hydrogens (tertiary/aromatic N) is 2. The van der Waals surface area contributed by atoms with Gasteiger partial charge in [0.05, 0.1) is 23.4 Å². The topological polar surface area (TPSA) is 85.2 Å². The van der Waals surface area contributed by atoms with Crippen molar-refractivity contribution in [3.8, 4) is 0 Å². The van der Waals surface area contributed by atoms with Crippen LogP contribution in [0.25, 0.3) is 11.0 Å². The third kappa shape index (κ3) is 5.26. The lowest BCUT2D eigenvalue weighted by Gasteiger charge is -2.29. The Labute approximate surface area is 169 Å². The van der Waals surface area contributed by atoms with Crippen molar-refractivity contribution in [3.63, 3.8) is 0 Å². The number of carbonyl (C=O) groups is 2. The molecule has 7 nitrogen and oxygen atoms in total. The lowest BCUT2D eigenvalue weighted by Crippen LogP contribution is -2.48. The van der Waals surface area contributed by atoms with Crippen LogP contribution >= 0.6 is 11.8 Å². The minimum Gasteiger partial charge on any atom is -0.383 e. The van der Waals surface area contributed by atoms with Crippen LogP contribution in [0.15, 0.2) is 29.4 Å². The first-order valence-electron chi connectivity index (χ1n) is 9.76. The van der Waals surface area contributed by atoms with Crippen molar-refractivity contribution < 1.29 is 14.3 Å². The maximum absolute atomic E-state index is 12.2. The highest BCUT2D eigenvalue weighted by atomic mass is 32.2. The average Bonchev–Trinajstić information content (AvgIpc) is 3.04. The van der Waals surface area contributed by atoms with Gasteiger partial charge in [-0.15, -0.1) is 0 Å². The number of para-hydroxylation sites is 2. The summed E-state index contributed by atoms with van der Waals surface area (Å²) in [5.41, 5.74) is 1.89. The summed E-state index contributed by atoms with van der Waals surface area (Å²) in [6.45, 7) is 3.36. The number of imidazole rings is 1. The maximum atomic E-state index is 12.2. The number of methoxy groups -OCH3 is 1. The minimum absolute atomic E-state index is 0.129. The zero-order valence-corrected chi connectivity index (χ0v) is 17.3. The Bertz CT molecular complexity index is 823. The Morgan fingerprint density at radius 2 is 2.07 bits per heavy atom. The number of aromatic nitrogens is 2. The molecule has 1 heterocycles. The number of urea groups is 1. The van der Waals surface area contributed by atoms with Gasteiger partial charge in [0.2, 0.25) is 5.91 Å². The van der Waals surface area contributed by atoms with E-state index in [0.29, 0.717) is 19.1 Å². The summed E-state index contributed by atoms with van der Waals surface area (Å²) in [7, 11) is 1.66. The Morgan fingerprint density at radius 3 is 2.86 bits per heavy atom. The van der Waals surface area contributed by atoms with E-state index in [9.17, 15) is 9.59 Å². The SMILES string of the molecule is COCCn1c(SCC(=O)NC(=O)N[C@H]2CCCC[C@H]2C)nc2ccccc21. The average molecular weight is 405 g/mol. The Hall–Kier alpha value is -2.06. The van der Waals surface area contributed by atoms with Crippen LogP contribution in [0.4, 0.5) is 4.79 Å². The summed E-state index contributed by atoms with van der Waals surface area (Å²) < 4.78 is 7.23. The predicted molar refractivity (Wildman–Crippen MR) is 110 cm³/mol. The normalized spacial score (nSPS) is 19.5. The number of imide groups is 1. The Balaban J connectivity index is 1.56. The van der Waals surface area contributed by atoms with Crippen LogP contribution in [-0.4, -0.2) is 47.0 Å². The number of thioether (sulfide) groups is 1. The summed E-state index contributed by atoms with van der Waals surface area (Å²) >= 11 is 1.32. The van der Waals surface area contributed by atoms with Crippen LogP contribution in [0.2, 0.25) is 0 Å². The molecular weight excluding hydrogens is 376 g/mol. The number of ether oxygens (including phenoxy) is 1. The highest BCUT2D eigenvalue weighted by molar-refractivity contribution is 7.99. The second-order valence-electron chi connectivity index (χ2n) is 7.21. The van der Waals surface area contributed by atoms with Gasteiger partial charge in [-0.25, -0.2) is 9.78 Å². The van der Waals surface area contributed by atoms with Crippen molar-refractivity contribution >= 4 is 34.7 Å². The number of hydrogen-bond donors (Lipinski definition) is 2. The molecule has 1 aliphatic carbocycles. The molecule has 1 aromatic carbocycles. The second kappa shape index (κ2) is 9.93. The van der Waals surface area contributed by atoms with E-state index in [4.69, 9.17) is 4.74 Å². The van der Waals surface area contributed by atoms with Crippen molar-refractivity contribution in [2.45, 2.75) is 50.4 Å². The number of nitrogens with one attached hydrogen (secondary N) is 2. The standard InChI is InChI=1S/C20H28N4O3S/c1-14-7-3-4-8-15(14)21-19(26)23-18(25)13-28-20-22-16-9-5-6-10-17(16)24(20)11-12-27-2/h5-6,9-10,14-15H,3-4,7-8,11-13H2,1-2H3,(H2,21,23,25,26)/t14-,15+/m1/s1. The fourth-order valence-corrected chi connectivity index (χ4v) is 4.43. The molecule has 0 saturated heterocycles. The third-order valence-corrected chi connectivity index (χ3v) is 6.13. The van der Waals surface area contributed by atoms with Crippen molar-refractivity contribution in [2.75, 3.05) is 19.5 Å². The molecule has 1 saturated carbocycles. The fourth-order valence-electron chi connectivity index (χ4n) is 3.59. The van der Waals surface area contributed by atoms with E-state index >= 15 is 0 Å². The van der Waals surface area contributed by atoms with Gasteiger partial charge >= 0.3 is 6.03 Å². The molecule has 3 amide bonds. The van der Waals surface area contributed by atoms with Crippen LogP contribution in [0.1, 0.15) is 32.6 Å². The zero-order valence-electron chi connectivity index (χ0n) is 16.4. The van der Waals surface area contributed by atoms with Gasteiger partial charge < -0.3 is 14.6 Å². The van der Waals surface area contributed by atoms with Crippen molar-refractivity contribution in [1.82, 2.24) is 20.2 Å². The zero-order chi connectivity index (χ0) is 19.9. The molecule has 8 heteroatoms. The van der Waals surface area contributed by atoms with Gasteiger partial charge in [0.1, 0.15) is 0 Å². The van der Waals surface area contributed by atoms with Gasteiger partial charge in [0.25, 0.3) is 0 Å². The first kappa shape index (κ1) is 20.7. The van der Waals surface area contributed by atoms with Gasteiger partial charge in [0, 0.05) is 19.7 Å². The van der Waals surface area contributed by atoms with E-state index < -0.39 is 6.03 Å². The van der Waals surface area contributed by atoms with Crippen molar-refractivity contribution in [3.05, 3.63) is 24.3 Å². The molecule has 0 unspecified atom stereocenters. The van der Waals surface area contributed by atoms with Gasteiger partial charge in [-0.2, -0.15) is 0 Å². The van der Waals surface area contributed by atoms with Crippen LogP contribution in [-0.2, 0) is 16.1 Å². The summed E-state index contributed by atoms with van der Waals surface area (Å²) in [6, 6.07) is 7.59. The molecule has 28 heavy (non-hydrogen) atoms. The number of rotatable bonds is 7. The van der Waals surface area contributed by atoms with Gasteiger partial charge in [-0.3, -0.25) is 10.1 Å². The molecule has 0 aliphatic heterocycles. The number of carbonyl (C=O) groups excluding carboxylic acids is 2. The molecule has 1 fully saturated rings. The van der Waals surface area contributed by atoms with E-state index in [1.165, 1.54) is 18.2 Å². The molecular formula is C20H28N4O3S. The van der Waals surface area contributed by atoms with Crippen LogP contribution in [0.3, 0.4) is 0 Å². The summed E-state index contributed by atoms with van der Waals surface area (Å²) in [4.78, 5) is 29.0. The summed E-state index contributed by atoms with van der Waals surface area (Å²) in [5.74, 6) is 0.255.